The van der Waals surface area contributed by atoms with Crippen molar-refractivity contribution in [3.8, 4) is 11.5 Å². The number of benzene rings is 2. The van der Waals surface area contributed by atoms with Crippen LogP contribution in [0.2, 0.25) is 0 Å². The second-order valence-corrected chi connectivity index (χ2v) is 5.74. The number of ether oxygens (including phenoxy) is 2. The summed E-state index contributed by atoms with van der Waals surface area (Å²) in [6.45, 7) is 2.86. The zero-order valence-electron chi connectivity index (χ0n) is 13.7. The minimum Gasteiger partial charge on any atom is -0.486 e. The smallest absolute Gasteiger partial charge is 0.271 e. The quantitative estimate of drug-likeness (QED) is 0.570. The van der Waals surface area contributed by atoms with Crippen LogP contribution in [0.4, 0.5) is 0 Å². The van der Waals surface area contributed by atoms with Crippen LogP contribution in [-0.2, 0) is 0 Å². The van der Waals surface area contributed by atoms with Gasteiger partial charge in [0.15, 0.2) is 11.5 Å². The first-order valence-electron chi connectivity index (χ1n) is 8.03. The highest BCUT2D eigenvalue weighted by atomic mass is 16.6. The molecule has 0 bridgehead atoms. The lowest BCUT2D eigenvalue weighted by Gasteiger charge is -2.18. The van der Waals surface area contributed by atoms with Crippen molar-refractivity contribution >= 4 is 22.5 Å². The molecule has 0 atom stereocenters. The fraction of sp³-hybridized carbons (Fsp3) is 0.158. The summed E-state index contributed by atoms with van der Waals surface area (Å²) in [5.74, 6) is 0.939. The Hall–Kier alpha value is -3.28. The zero-order valence-corrected chi connectivity index (χ0v) is 13.7. The van der Waals surface area contributed by atoms with E-state index in [1.165, 1.54) is 0 Å². The molecule has 25 heavy (non-hydrogen) atoms. The summed E-state index contributed by atoms with van der Waals surface area (Å²) < 4.78 is 11.0. The van der Waals surface area contributed by atoms with Crippen molar-refractivity contribution < 1.29 is 14.3 Å². The van der Waals surface area contributed by atoms with Crippen molar-refractivity contribution in [1.82, 2.24) is 10.4 Å². The van der Waals surface area contributed by atoms with Crippen LogP contribution >= 0.6 is 0 Å². The molecule has 0 fully saturated rings. The Kier molecular flexibility index (Phi) is 3.85. The molecule has 1 aromatic heterocycles. The fourth-order valence-electron chi connectivity index (χ4n) is 2.81. The highest BCUT2D eigenvalue weighted by molar-refractivity contribution is 6.10. The van der Waals surface area contributed by atoms with Crippen LogP contribution in [0.1, 0.15) is 22.8 Å². The molecule has 0 aliphatic carbocycles. The van der Waals surface area contributed by atoms with Crippen LogP contribution in [0.25, 0.3) is 10.9 Å². The third-order valence-electron chi connectivity index (χ3n) is 4.11. The molecule has 2 aromatic carbocycles. The minimum absolute atomic E-state index is 0.295. The molecule has 2 N–H and O–H groups in total. The highest BCUT2D eigenvalue weighted by Crippen LogP contribution is 2.30. The van der Waals surface area contributed by atoms with Gasteiger partial charge in [-0.2, -0.15) is 5.10 Å². The Bertz CT molecular complexity index is 975. The lowest BCUT2D eigenvalue weighted by molar-refractivity contribution is 0.0953. The molecule has 6 nitrogen and oxygen atoms in total. The molecule has 0 saturated heterocycles. The number of nitrogens with zero attached hydrogens (tertiary/aromatic N) is 1. The summed E-state index contributed by atoms with van der Waals surface area (Å²) in [7, 11) is 0. The Labute approximate surface area is 144 Å². The third-order valence-corrected chi connectivity index (χ3v) is 4.11. The second-order valence-electron chi connectivity index (χ2n) is 5.74. The summed E-state index contributed by atoms with van der Waals surface area (Å²) in [5.41, 5.74) is 5.78. The predicted molar refractivity (Wildman–Crippen MR) is 95.4 cm³/mol. The molecular formula is C19H17N3O3. The maximum atomic E-state index is 12.3. The number of H-pyrrole nitrogens is 1. The molecule has 0 unspecified atom stereocenters. The largest absolute Gasteiger partial charge is 0.486 e. The number of hydrogen-bond donors (Lipinski definition) is 2. The van der Waals surface area contributed by atoms with Gasteiger partial charge in [-0.25, -0.2) is 5.43 Å². The van der Waals surface area contributed by atoms with Crippen LogP contribution in [0.5, 0.6) is 11.5 Å². The Morgan fingerprint density at radius 2 is 1.92 bits per heavy atom. The van der Waals surface area contributed by atoms with E-state index in [0.29, 0.717) is 30.3 Å². The van der Waals surface area contributed by atoms with Crippen molar-refractivity contribution in [3.05, 3.63) is 59.8 Å². The van der Waals surface area contributed by atoms with Gasteiger partial charge in [-0.1, -0.05) is 18.2 Å². The van der Waals surface area contributed by atoms with Crippen molar-refractivity contribution in [3.63, 3.8) is 0 Å². The van der Waals surface area contributed by atoms with Gasteiger partial charge in [0.1, 0.15) is 13.2 Å². The number of carbonyl (C=O) groups excluding carboxylic acids is 1. The lowest BCUT2D eigenvalue weighted by Crippen LogP contribution is -2.20. The van der Waals surface area contributed by atoms with E-state index in [-0.39, 0.29) is 5.91 Å². The van der Waals surface area contributed by atoms with E-state index in [1.807, 2.05) is 37.4 Å². The summed E-state index contributed by atoms with van der Waals surface area (Å²) in [6, 6.07) is 13.1. The number of rotatable bonds is 3. The molecule has 4 rings (SSSR count). The molecule has 0 saturated carbocycles. The second kappa shape index (κ2) is 6.32. The van der Waals surface area contributed by atoms with Gasteiger partial charge >= 0.3 is 0 Å². The van der Waals surface area contributed by atoms with E-state index in [2.05, 4.69) is 15.5 Å². The predicted octanol–water partition coefficient (Wildman–Crippen LogP) is 3.09. The number of hydrogen-bond acceptors (Lipinski definition) is 4. The van der Waals surface area contributed by atoms with Crippen LogP contribution in [0.15, 0.2) is 53.8 Å². The number of aromatic nitrogens is 1. The normalized spacial score (nSPS) is 13.7. The summed E-state index contributed by atoms with van der Waals surface area (Å²) in [5, 5.41) is 5.30. The number of nitrogens with one attached hydrogen (secondary N) is 2. The maximum absolute atomic E-state index is 12.3. The number of hydrazone groups is 1. The maximum Gasteiger partial charge on any atom is 0.271 e. The van der Waals surface area contributed by atoms with Gasteiger partial charge in [0, 0.05) is 28.2 Å². The first-order valence-corrected chi connectivity index (χ1v) is 8.03. The molecule has 2 heterocycles. The van der Waals surface area contributed by atoms with E-state index in [0.717, 1.165) is 22.2 Å². The first kappa shape index (κ1) is 15.3. The van der Waals surface area contributed by atoms with Gasteiger partial charge < -0.3 is 14.5 Å². The summed E-state index contributed by atoms with van der Waals surface area (Å²) in [4.78, 5) is 15.5. The number of aromatic amines is 1. The molecule has 3 aromatic rings. The SMILES string of the molecule is C/C(=N/NC(=O)c1ccc2c(c1)OCCO2)c1c[nH]c2ccccc12. The lowest BCUT2D eigenvalue weighted by atomic mass is 10.1. The van der Waals surface area contributed by atoms with Gasteiger partial charge in [0.05, 0.1) is 5.71 Å². The molecule has 6 heteroatoms. The van der Waals surface area contributed by atoms with E-state index in [9.17, 15) is 4.79 Å². The zero-order chi connectivity index (χ0) is 17.2. The van der Waals surface area contributed by atoms with Gasteiger partial charge in [0.25, 0.3) is 5.91 Å². The Morgan fingerprint density at radius 3 is 2.80 bits per heavy atom. The fourth-order valence-corrected chi connectivity index (χ4v) is 2.81. The van der Waals surface area contributed by atoms with Crippen molar-refractivity contribution in [2.45, 2.75) is 6.92 Å². The van der Waals surface area contributed by atoms with Crippen LogP contribution in [0.3, 0.4) is 0 Å². The van der Waals surface area contributed by atoms with Crippen molar-refractivity contribution in [2.24, 2.45) is 5.10 Å². The van der Waals surface area contributed by atoms with Crippen molar-refractivity contribution in [2.75, 3.05) is 13.2 Å². The van der Waals surface area contributed by atoms with E-state index < -0.39 is 0 Å². The number of carbonyl (C=O) groups is 1. The van der Waals surface area contributed by atoms with Crippen LogP contribution in [0, 0.1) is 0 Å². The van der Waals surface area contributed by atoms with E-state index in [1.54, 1.807) is 18.2 Å². The van der Waals surface area contributed by atoms with Crippen molar-refractivity contribution in [1.29, 1.82) is 0 Å². The average Bonchev–Trinajstić information content (AvgIpc) is 3.09. The molecular weight excluding hydrogens is 318 g/mol. The third kappa shape index (κ3) is 2.94. The standard InChI is InChI=1S/C19H17N3O3/c1-12(15-11-20-16-5-3-2-4-14(15)16)21-22-19(23)13-6-7-17-18(10-13)25-9-8-24-17/h2-7,10-11,20H,8-9H2,1H3,(H,22,23)/b21-12-. The molecule has 1 amide bonds. The van der Waals surface area contributed by atoms with Crippen LogP contribution in [-0.4, -0.2) is 29.8 Å². The summed E-state index contributed by atoms with van der Waals surface area (Å²) >= 11 is 0. The number of amides is 1. The first-order chi connectivity index (χ1) is 12.2. The van der Waals surface area contributed by atoms with E-state index >= 15 is 0 Å². The Balaban J connectivity index is 1.53. The molecule has 1 aliphatic rings. The monoisotopic (exact) mass is 335 g/mol. The topological polar surface area (TPSA) is 75.7 Å². The van der Waals surface area contributed by atoms with Gasteiger partial charge in [0.2, 0.25) is 0 Å². The molecule has 1 aliphatic heterocycles. The minimum atomic E-state index is -0.295. The Morgan fingerprint density at radius 1 is 1.12 bits per heavy atom. The number of para-hydroxylation sites is 1. The van der Waals surface area contributed by atoms with Gasteiger partial charge in [-0.05, 0) is 31.2 Å². The van der Waals surface area contributed by atoms with Gasteiger partial charge in [-0.3, -0.25) is 4.79 Å². The highest BCUT2D eigenvalue weighted by Gasteiger charge is 2.15. The molecule has 126 valence electrons. The molecule has 0 spiro atoms. The average molecular weight is 335 g/mol. The van der Waals surface area contributed by atoms with Gasteiger partial charge in [-0.15, -0.1) is 0 Å². The van der Waals surface area contributed by atoms with Crippen LogP contribution < -0.4 is 14.9 Å². The van der Waals surface area contributed by atoms with E-state index in [4.69, 9.17) is 9.47 Å². The number of fused-ring (bicyclic) bond motifs is 2. The summed E-state index contributed by atoms with van der Waals surface area (Å²) in [6.07, 6.45) is 1.89. The molecule has 0 radical (unpaired) electrons.